The quantitative estimate of drug-likeness (QED) is 0.682. The Morgan fingerprint density at radius 3 is 2.55 bits per heavy atom. The van der Waals surface area contributed by atoms with Crippen LogP contribution in [0.2, 0.25) is 5.28 Å². The molecular formula is C12H9ClF3N3O. The molecule has 0 bridgehead atoms. The summed E-state index contributed by atoms with van der Waals surface area (Å²) < 4.78 is 43.2. The molecule has 0 unspecified atom stereocenters. The van der Waals surface area contributed by atoms with Gasteiger partial charge in [-0.1, -0.05) is 0 Å². The summed E-state index contributed by atoms with van der Waals surface area (Å²) in [5.74, 6) is 0.0519. The number of ether oxygens (including phenoxy) is 1. The molecule has 1 aromatic heterocycles. The molecule has 2 rings (SSSR count). The number of nitrogen functional groups attached to an aromatic ring is 1. The van der Waals surface area contributed by atoms with Gasteiger partial charge in [-0.05, 0) is 29.8 Å². The summed E-state index contributed by atoms with van der Waals surface area (Å²) in [7, 11) is 1.33. The van der Waals surface area contributed by atoms with Crippen molar-refractivity contribution >= 4 is 17.3 Å². The van der Waals surface area contributed by atoms with Crippen LogP contribution in [0.1, 0.15) is 5.56 Å². The van der Waals surface area contributed by atoms with E-state index in [1.807, 2.05) is 0 Å². The van der Waals surface area contributed by atoms with Gasteiger partial charge in [0.1, 0.15) is 0 Å². The number of alkyl halides is 3. The van der Waals surface area contributed by atoms with Crippen molar-refractivity contribution in [2.75, 3.05) is 12.8 Å². The molecule has 2 N–H and O–H groups in total. The summed E-state index contributed by atoms with van der Waals surface area (Å²) in [5, 5.41) is -0.0730. The molecule has 2 aromatic rings. The Bertz CT molecular complexity index is 646. The van der Waals surface area contributed by atoms with Crippen molar-refractivity contribution < 1.29 is 17.9 Å². The molecule has 20 heavy (non-hydrogen) atoms. The topological polar surface area (TPSA) is 61.0 Å². The van der Waals surface area contributed by atoms with Crippen molar-refractivity contribution in [1.82, 2.24) is 9.97 Å². The van der Waals surface area contributed by atoms with Gasteiger partial charge in [-0.2, -0.15) is 18.2 Å². The lowest BCUT2D eigenvalue weighted by Gasteiger charge is -2.13. The molecule has 0 amide bonds. The molecule has 0 saturated heterocycles. The summed E-state index contributed by atoms with van der Waals surface area (Å²) in [5.41, 5.74) is 5.42. The highest BCUT2D eigenvalue weighted by Gasteiger charge is 2.31. The van der Waals surface area contributed by atoms with E-state index in [0.29, 0.717) is 0 Å². The number of rotatable bonds is 2. The van der Waals surface area contributed by atoms with Gasteiger partial charge in [0.2, 0.25) is 11.2 Å². The lowest BCUT2D eigenvalue weighted by atomic mass is 10.0. The molecule has 0 aliphatic heterocycles. The van der Waals surface area contributed by atoms with Crippen LogP contribution in [-0.2, 0) is 6.18 Å². The van der Waals surface area contributed by atoms with Crippen molar-refractivity contribution in [2.45, 2.75) is 6.18 Å². The molecule has 0 spiro atoms. The predicted octanol–water partition coefficient (Wildman–Crippen LogP) is 3.41. The molecule has 0 fully saturated rings. The number of halogens is 4. The molecule has 0 aliphatic rings. The third kappa shape index (κ3) is 2.77. The summed E-state index contributed by atoms with van der Waals surface area (Å²) in [6.45, 7) is 0. The molecular weight excluding hydrogens is 295 g/mol. The lowest BCUT2D eigenvalue weighted by Crippen LogP contribution is -2.06. The smallest absolute Gasteiger partial charge is 0.416 e. The van der Waals surface area contributed by atoms with Gasteiger partial charge in [-0.25, -0.2) is 4.98 Å². The Labute approximate surface area is 117 Å². The fraction of sp³-hybridized carbons (Fsp3) is 0.167. The van der Waals surface area contributed by atoms with Gasteiger partial charge in [0.05, 0.1) is 18.2 Å². The normalized spacial score (nSPS) is 11.4. The molecule has 0 radical (unpaired) electrons. The number of methoxy groups -OCH3 is 1. The summed E-state index contributed by atoms with van der Waals surface area (Å²) in [6.07, 6.45) is -3.21. The number of hydrogen-bond donors (Lipinski definition) is 1. The highest BCUT2D eigenvalue weighted by Crippen LogP contribution is 2.37. The van der Waals surface area contributed by atoms with Crippen molar-refractivity contribution in [3.05, 3.63) is 35.2 Å². The van der Waals surface area contributed by atoms with Crippen LogP contribution in [0.5, 0.6) is 5.88 Å². The van der Waals surface area contributed by atoms with Crippen molar-refractivity contribution in [3.63, 3.8) is 0 Å². The molecule has 8 heteroatoms. The SMILES string of the molecule is COc1nc(Cl)ncc1-c1cc(C(F)(F)F)ccc1N. The first-order chi connectivity index (χ1) is 9.32. The van der Waals surface area contributed by atoms with Crippen LogP contribution in [0.25, 0.3) is 11.1 Å². The number of aromatic nitrogens is 2. The maximum atomic E-state index is 12.7. The van der Waals surface area contributed by atoms with E-state index < -0.39 is 11.7 Å². The first-order valence-corrected chi connectivity index (χ1v) is 5.74. The van der Waals surface area contributed by atoms with Gasteiger partial charge in [-0.3, -0.25) is 0 Å². The number of benzene rings is 1. The fourth-order valence-electron chi connectivity index (χ4n) is 1.65. The van der Waals surface area contributed by atoms with Gasteiger partial charge in [0.15, 0.2) is 0 Å². The van der Waals surface area contributed by atoms with Crippen LogP contribution < -0.4 is 10.5 Å². The van der Waals surface area contributed by atoms with E-state index >= 15 is 0 Å². The first-order valence-electron chi connectivity index (χ1n) is 5.36. The van der Waals surface area contributed by atoms with E-state index in [0.717, 1.165) is 12.1 Å². The van der Waals surface area contributed by atoms with E-state index in [-0.39, 0.29) is 28.0 Å². The molecule has 4 nitrogen and oxygen atoms in total. The monoisotopic (exact) mass is 303 g/mol. The maximum Gasteiger partial charge on any atom is 0.416 e. The van der Waals surface area contributed by atoms with Crippen LogP contribution in [-0.4, -0.2) is 17.1 Å². The Morgan fingerprint density at radius 2 is 1.95 bits per heavy atom. The lowest BCUT2D eigenvalue weighted by molar-refractivity contribution is -0.137. The van der Waals surface area contributed by atoms with Crippen molar-refractivity contribution in [1.29, 1.82) is 0 Å². The van der Waals surface area contributed by atoms with Crippen LogP contribution in [0.4, 0.5) is 18.9 Å². The minimum Gasteiger partial charge on any atom is -0.480 e. The van der Waals surface area contributed by atoms with Crippen molar-refractivity contribution in [3.8, 4) is 17.0 Å². The molecule has 0 atom stereocenters. The van der Waals surface area contributed by atoms with Crippen LogP contribution >= 0.6 is 11.6 Å². The zero-order chi connectivity index (χ0) is 14.9. The summed E-state index contributed by atoms with van der Waals surface area (Å²) in [6, 6.07) is 3.00. The van der Waals surface area contributed by atoms with E-state index in [1.54, 1.807) is 0 Å². The molecule has 0 aliphatic carbocycles. The Morgan fingerprint density at radius 1 is 1.25 bits per heavy atom. The first kappa shape index (κ1) is 14.4. The maximum absolute atomic E-state index is 12.7. The van der Waals surface area contributed by atoms with Crippen LogP contribution in [0.3, 0.4) is 0 Å². The second-order valence-electron chi connectivity index (χ2n) is 3.86. The Hall–Kier alpha value is -2.02. The van der Waals surface area contributed by atoms with Gasteiger partial charge >= 0.3 is 6.18 Å². The van der Waals surface area contributed by atoms with Crippen molar-refractivity contribution in [2.24, 2.45) is 0 Å². The zero-order valence-corrected chi connectivity index (χ0v) is 11.0. The summed E-state index contributed by atoms with van der Waals surface area (Å²) >= 11 is 5.61. The zero-order valence-electron chi connectivity index (χ0n) is 10.2. The highest BCUT2D eigenvalue weighted by molar-refractivity contribution is 6.28. The van der Waals surface area contributed by atoms with E-state index in [4.69, 9.17) is 22.1 Å². The van der Waals surface area contributed by atoms with E-state index in [2.05, 4.69) is 9.97 Å². The second-order valence-corrected chi connectivity index (χ2v) is 4.20. The molecule has 1 heterocycles. The number of nitrogens with zero attached hydrogens (tertiary/aromatic N) is 2. The average molecular weight is 304 g/mol. The molecule has 106 valence electrons. The van der Waals surface area contributed by atoms with Crippen LogP contribution in [0.15, 0.2) is 24.4 Å². The fourth-order valence-corrected chi connectivity index (χ4v) is 1.78. The average Bonchev–Trinajstić information content (AvgIpc) is 2.38. The molecule has 0 saturated carbocycles. The van der Waals surface area contributed by atoms with Crippen LogP contribution in [0, 0.1) is 0 Å². The Kier molecular flexibility index (Phi) is 3.71. The third-order valence-corrected chi connectivity index (χ3v) is 2.77. The third-order valence-electron chi connectivity index (χ3n) is 2.59. The standard InChI is InChI=1S/C12H9ClF3N3O/c1-20-10-8(5-18-11(13)19-10)7-4-6(12(14,15)16)2-3-9(7)17/h2-5H,17H2,1H3. The minimum absolute atomic E-state index is 0.0519. The van der Waals surface area contributed by atoms with Gasteiger partial charge in [0, 0.05) is 17.4 Å². The number of anilines is 1. The van der Waals surface area contributed by atoms with E-state index in [1.165, 1.54) is 19.4 Å². The number of nitrogens with two attached hydrogens (primary N) is 1. The molecule has 1 aromatic carbocycles. The predicted molar refractivity (Wildman–Crippen MR) is 68.4 cm³/mol. The minimum atomic E-state index is -4.47. The van der Waals surface area contributed by atoms with Gasteiger partial charge < -0.3 is 10.5 Å². The highest BCUT2D eigenvalue weighted by atomic mass is 35.5. The second kappa shape index (κ2) is 5.16. The largest absolute Gasteiger partial charge is 0.480 e. The van der Waals surface area contributed by atoms with E-state index in [9.17, 15) is 13.2 Å². The number of hydrogen-bond acceptors (Lipinski definition) is 4. The summed E-state index contributed by atoms with van der Waals surface area (Å²) in [4.78, 5) is 7.53. The van der Waals surface area contributed by atoms with Gasteiger partial charge in [0.25, 0.3) is 0 Å². The van der Waals surface area contributed by atoms with Gasteiger partial charge in [-0.15, -0.1) is 0 Å². The Balaban J connectivity index is 2.63.